The predicted molar refractivity (Wildman–Crippen MR) is 98.2 cm³/mol. The molecule has 0 aliphatic heterocycles. The number of amides is 1. The molecule has 2 aromatic rings. The number of carbonyl (C=O) groups excluding carboxylic acids is 1. The summed E-state index contributed by atoms with van der Waals surface area (Å²) in [6.45, 7) is 6.95. The van der Waals surface area contributed by atoms with Crippen molar-refractivity contribution in [2.24, 2.45) is 5.92 Å². The molecule has 3 heteroatoms. The van der Waals surface area contributed by atoms with Crippen LogP contribution in [-0.4, -0.2) is 17.6 Å². The van der Waals surface area contributed by atoms with E-state index in [4.69, 9.17) is 0 Å². The molecule has 0 radical (unpaired) electrons. The highest BCUT2D eigenvalue weighted by atomic mass is 16.3. The molecule has 128 valence electrons. The van der Waals surface area contributed by atoms with E-state index in [9.17, 15) is 9.90 Å². The van der Waals surface area contributed by atoms with Crippen molar-refractivity contribution in [3.8, 4) is 5.75 Å². The first-order chi connectivity index (χ1) is 11.5. The zero-order valence-corrected chi connectivity index (χ0v) is 14.8. The normalized spacial score (nSPS) is 12.2. The van der Waals surface area contributed by atoms with E-state index in [0.717, 1.165) is 24.0 Å². The molecular formula is C21H27NO2. The summed E-state index contributed by atoms with van der Waals surface area (Å²) in [5.74, 6) is 0.789. The molecule has 1 unspecified atom stereocenters. The third-order valence-corrected chi connectivity index (χ3v) is 4.17. The first-order valence-electron chi connectivity index (χ1n) is 8.60. The molecule has 1 amide bonds. The maximum absolute atomic E-state index is 12.3. The van der Waals surface area contributed by atoms with Gasteiger partial charge >= 0.3 is 0 Å². The van der Waals surface area contributed by atoms with E-state index in [2.05, 4.69) is 43.4 Å². The van der Waals surface area contributed by atoms with Crippen molar-refractivity contribution >= 4 is 5.91 Å². The van der Waals surface area contributed by atoms with E-state index in [1.165, 1.54) is 5.56 Å². The maximum Gasteiger partial charge on any atom is 0.227 e. The Bertz CT molecular complexity index is 645. The molecule has 0 spiro atoms. The van der Waals surface area contributed by atoms with Gasteiger partial charge < -0.3 is 10.4 Å². The van der Waals surface area contributed by atoms with Crippen LogP contribution < -0.4 is 5.32 Å². The van der Waals surface area contributed by atoms with Crippen LogP contribution in [0.15, 0.2) is 48.5 Å². The number of phenolic OH excluding ortho intramolecular Hbond substituents is 1. The second-order valence-corrected chi connectivity index (χ2v) is 6.77. The number of aromatic hydroxyl groups is 1. The summed E-state index contributed by atoms with van der Waals surface area (Å²) in [5.41, 5.74) is 3.46. The van der Waals surface area contributed by atoms with Crippen molar-refractivity contribution in [1.82, 2.24) is 5.32 Å². The summed E-state index contributed by atoms with van der Waals surface area (Å²) in [6, 6.07) is 15.4. The number of hydrogen-bond donors (Lipinski definition) is 2. The van der Waals surface area contributed by atoms with Crippen LogP contribution in [0.25, 0.3) is 0 Å². The molecule has 0 bridgehead atoms. The van der Waals surface area contributed by atoms with Gasteiger partial charge in [0.25, 0.3) is 0 Å². The number of hydrogen-bond acceptors (Lipinski definition) is 2. The van der Waals surface area contributed by atoms with Gasteiger partial charge in [-0.05, 0) is 54.5 Å². The van der Waals surface area contributed by atoms with Crippen LogP contribution in [0.1, 0.15) is 43.4 Å². The third kappa shape index (κ3) is 5.41. The van der Waals surface area contributed by atoms with Gasteiger partial charge in [0.1, 0.15) is 5.75 Å². The van der Waals surface area contributed by atoms with Crippen LogP contribution in [-0.2, 0) is 17.6 Å². The highest BCUT2D eigenvalue weighted by Crippen LogP contribution is 2.18. The average Bonchev–Trinajstić information content (AvgIpc) is 2.56. The first kappa shape index (κ1) is 18.1. The molecule has 0 heterocycles. The fraction of sp³-hybridized carbons (Fsp3) is 0.381. The maximum atomic E-state index is 12.3. The lowest BCUT2D eigenvalue weighted by Gasteiger charge is -2.14. The van der Waals surface area contributed by atoms with Gasteiger partial charge in [0.15, 0.2) is 0 Å². The molecule has 24 heavy (non-hydrogen) atoms. The second-order valence-electron chi connectivity index (χ2n) is 6.77. The standard InChI is InChI=1S/C21H27NO2/c1-15(2)14-18-4-8-19(9-5-18)16(3)21(24)22-13-12-17-6-10-20(23)11-7-17/h4-11,15-16,23H,12-14H2,1-3H3,(H,22,24). The first-order valence-corrected chi connectivity index (χ1v) is 8.60. The summed E-state index contributed by atoms with van der Waals surface area (Å²) in [5, 5.41) is 12.3. The van der Waals surface area contributed by atoms with Crippen molar-refractivity contribution in [3.63, 3.8) is 0 Å². The minimum absolute atomic E-state index is 0.0467. The molecule has 0 saturated heterocycles. The molecule has 1 atom stereocenters. The summed E-state index contributed by atoms with van der Waals surface area (Å²) in [6.07, 6.45) is 1.82. The van der Waals surface area contributed by atoms with E-state index >= 15 is 0 Å². The van der Waals surface area contributed by atoms with E-state index in [-0.39, 0.29) is 17.6 Å². The second kappa shape index (κ2) is 8.53. The Balaban J connectivity index is 1.84. The number of benzene rings is 2. The lowest BCUT2D eigenvalue weighted by Crippen LogP contribution is -2.29. The fourth-order valence-electron chi connectivity index (χ4n) is 2.71. The fourth-order valence-corrected chi connectivity index (χ4v) is 2.71. The lowest BCUT2D eigenvalue weighted by atomic mass is 9.96. The van der Waals surface area contributed by atoms with E-state index in [0.29, 0.717) is 12.5 Å². The summed E-state index contributed by atoms with van der Waals surface area (Å²) >= 11 is 0. The molecule has 0 aliphatic carbocycles. The van der Waals surface area contributed by atoms with Gasteiger partial charge in [0.2, 0.25) is 5.91 Å². The molecule has 0 aromatic heterocycles. The van der Waals surface area contributed by atoms with E-state index in [1.54, 1.807) is 12.1 Å². The molecule has 2 aromatic carbocycles. The van der Waals surface area contributed by atoms with Gasteiger partial charge in [-0.3, -0.25) is 4.79 Å². The van der Waals surface area contributed by atoms with Gasteiger partial charge in [0.05, 0.1) is 5.92 Å². The van der Waals surface area contributed by atoms with Gasteiger partial charge in [-0.25, -0.2) is 0 Å². The summed E-state index contributed by atoms with van der Waals surface area (Å²) < 4.78 is 0. The predicted octanol–water partition coefficient (Wildman–Crippen LogP) is 4.05. The zero-order chi connectivity index (χ0) is 17.5. The third-order valence-electron chi connectivity index (χ3n) is 4.17. The Labute approximate surface area is 144 Å². The lowest BCUT2D eigenvalue weighted by molar-refractivity contribution is -0.122. The number of nitrogens with one attached hydrogen (secondary N) is 1. The Morgan fingerprint density at radius 3 is 2.12 bits per heavy atom. The van der Waals surface area contributed by atoms with Gasteiger partial charge in [-0.1, -0.05) is 50.2 Å². The molecule has 0 aliphatic rings. The summed E-state index contributed by atoms with van der Waals surface area (Å²) in [4.78, 5) is 12.3. The van der Waals surface area contributed by atoms with Crippen LogP contribution in [0.5, 0.6) is 5.75 Å². The zero-order valence-electron chi connectivity index (χ0n) is 14.8. The molecule has 0 saturated carbocycles. The van der Waals surface area contributed by atoms with Gasteiger partial charge in [-0.2, -0.15) is 0 Å². The molecule has 2 rings (SSSR count). The Hall–Kier alpha value is -2.29. The van der Waals surface area contributed by atoms with Crippen molar-refractivity contribution in [3.05, 3.63) is 65.2 Å². The average molecular weight is 325 g/mol. The van der Waals surface area contributed by atoms with Crippen molar-refractivity contribution < 1.29 is 9.90 Å². The molecular weight excluding hydrogens is 298 g/mol. The van der Waals surface area contributed by atoms with Crippen LogP contribution in [0, 0.1) is 5.92 Å². The Morgan fingerprint density at radius 1 is 0.958 bits per heavy atom. The minimum Gasteiger partial charge on any atom is -0.508 e. The Kier molecular flexibility index (Phi) is 6.42. The van der Waals surface area contributed by atoms with Crippen LogP contribution in [0.2, 0.25) is 0 Å². The van der Waals surface area contributed by atoms with Crippen molar-refractivity contribution in [2.45, 2.75) is 39.5 Å². The van der Waals surface area contributed by atoms with Crippen LogP contribution in [0.3, 0.4) is 0 Å². The van der Waals surface area contributed by atoms with Crippen molar-refractivity contribution in [2.75, 3.05) is 6.54 Å². The van der Waals surface area contributed by atoms with Gasteiger partial charge in [-0.15, -0.1) is 0 Å². The SMILES string of the molecule is CC(C)Cc1ccc(C(C)C(=O)NCCc2ccc(O)cc2)cc1. The van der Waals surface area contributed by atoms with E-state index < -0.39 is 0 Å². The van der Waals surface area contributed by atoms with Crippen LogP contribution in [0.4, 0.5) is 0 Å². The largest absolute Gasteiger partial charge is 0.508 e. The molecule has 0 fully saturated rings. The number of phenols is 1. The van der Waals surface area contributed by atoms with Crippen molar-refractivity contribution in [1.29, 1.82) is 0 Å². The Morgan fingerprint density at radius 2 is 1.54 bits per heavy atom. The highest BCUT2D eigenvalue weighted by Gasteiger charge is 2.14. The minimum atomic E-state index is -0.155. The monoisotopic (exact) mass is 325 g/mol. The van der Waals surface area contributed by atoms with Gasteiger partial charge in [0, 0.05) is 6.54 Å². The molecule has 2 N–H and O–H groups in total. The van der Waals surface area contributed by atoms with E-state index in [1.807, 2.05) is 19.1 Å². The van der Waals surface area contributed by atoms with Crippen LogP contribution >= 0.6 is 0 Å². The smallest absolute Gasteiger partial charge is 0.227 e. The molecule has 3 nitrogen and oxygen atoms in total. The number of rotatable bonds is 7. The summed E-state index contributed by atoms with van der Waals surface area (Å²) in [7, 11) is 0. The quantitative estimate of drug-likeness (QED) is 0.807. The number of carbonyl (C=O) groups is 1. The highest BCUT2D eigenvalue weighted by molar-refractivity contribution is 5.83. The topological polar surface area (TPSA) is 49.3 Å².